The summed E-state index contributed by atoms with van der Waals surface area (Å²) in [6.07, 6.45) is 0. The van der Waals surface area contributed by atoms with Crippen molar-refractivity contribution in [3.8, 4) is 17.0 Å². The van der Waals surface area contributed by atoms with Gasteiger partial charge in [0.05, 0.1) is 11.4 Å². The van der Waals surface area contributed by atoms with E-state index in [-0.39, 0.29) is 16.9 Å². The molecule has 1 amide bonds. The van der Waals surface area contributed by atoms with Crippen LogP contribution in [-0.2, 0) is 7.05 Å². The molecule has 0 saturated carbocycles. The summed E-state index contributed by atoms with van der Waals surface area (Å²) in [7, 11) is 1.77. The van der Waals surface area contributed by atoms with Crippen LogP contribution in [0.25, 0.3) is 17.0 Å². The van der Waals surface area contributed by atoms with Crippen molar-refractivity contribution in [3.05, 3.63) is 87.5 Å². The van der Waals surface area contributed by atoms with E-state index in [1.54, 1.807) is 24.7 Å². The predicted molar refractivity (Wildman–Crippen MR) is 115 cm³/mol. The Kier molecular flexibility index (Phi) is 4.87. The van der Waals surface area contributed by atoms with E-state index < -0.39 is 5.91 Å². The summed E-state index contributed by atoms with van der Waals surface area (Å²) >= 11 is 0. The topological polar surface area (TPSA) is 82.1 Å². The van der Waals surface area contributed by atoms with Crippen molar-refractivity contribution in [2.24, 2.45) is 7.05 Å². The summed E-state index contributed by atoms with van der Waals surface area (Å²) in [6, 6.07) is 16.7. The second-order valence-electron chi connectivity index (χ2n) is 7.27. The van der Waals surface area contributed by atoms with E-state index in [9.17, 15) is 9.59 Å². The predicted octanol–water partition coefficient (Wildman–Crippen LogP) is 4.01. The van der Waals surface area contributed by atoms with Crippen LogP contribution in [0.15, 0.2) is 63.9 Å². The van der Waals surface area contributed by atoms with Gasteiger partial charge in [-0.05, 0) is 50.1 Å². The molecule has 0 bridgehead atoms. The van der Waals surface area contributed by atoms with Crippen LogP contribution in [0.3, 0.4) is 0 Å². The fourth-order valence-electron chi connectivity index (χ4n) is 3.30. The van der Waals surface area contributed by atoms with E-state index in [1.807, 2.05) is 62.4 Å². The third-order valence-electron chi connectivity index (χ3n) is 5.33. The Labute approximate surface area is 173 Å². The largest absolute Gasteiger partial charge is 0.355 e. The van der Waals surface area contributed by atoms with Crippen molar-refractivity contribution in [1.82, 2.24) is 14.5 Å². The van der Waals surface area contributed by atoms with Crippen molar-refractivity contribution < 1.29 is 9.32 Å². The lowest BCUT2D eigenvalue weighted by Gasteiger charge is -2.07. The van der Waals surface area contributed by atoms with Gasteiger partial charge in [-0.15, -0.1) is 0 Å². The SMILES string of the molecule is Cc1ccc(-c2cc(C(=O)Nc3c(C)n(C)n(-c4ccccc4)c3=O)no2)cc1C. The van der Waals surface area contributed by atoms with Crippen LogP contribution < -0.4 is 10.9 Å². The Hall–Kier alpha value is -3.87. The molecule has 0 aliphatic rings. The van der Waals surface area contributed by atoms with E-state index in [2.05, 4.69) is 10.5 Å². The van der Waals surface area contributed by atoms with Crippen LogP contribution in [0.2, 0.25) is 0 Å². The zero-order valence-corrected chi connectivity index (χ0v) is 17.3. The fourth-order valence-corrected chi connectivity index (χ4v) is 3.30. The molecule has 4 rings (SSSR count). The number of rotatable bonds is 4. The molecule has 0 aliphatic heterocycles. The minimum atomic E-state index is -0.500. The Balaban J connectivity index is 1.63. The number of nitrogens with zero attached hydrogens (tertiary/aromatic N) is 3. The second kappa shape index (κ2) is 7.51. The van der Waals surface area contributed by atoms with Gasteiger partial charge in [-0.3, -0.25) is 14.3 Å². The van der Waals surface area contributed by atoms with E-state index in [1.165, 1.54) is 10.2 Å². The molecule has 7 heteroatoms. The molecule has 30 heavy (non-hydrogen) atoms. The van der Waals surface area contributed by atoms with E-state index >= 15 is 0 Å². The van der Waals surface area contributed by atoms with Crippen molar-refractivity contribution in [2.75, 3.05) is 5.32 Å². The molecule has 2 heterocycles. The van der Waals surface area contributed by atoms with Crippen LogP contribution in [0.4, 0.5) is 5.69 Å². The number of aromatic nitrogens is 3. The van der Waals surface area contributed by atoms with Gasteiger partial charge in [0.15, 0.2) is 11.5 Å². The van der Waals surface area contributed by atoms with Crippen molar-refractivity contribution in [3.63, 3.8) is 0 Å². The van der Waals surface area contributed by atoms with E-state index in [0.29, 0.717) is 17.1 Å². The van der Waals surface area contributed by atoms with Gasteiger partial charge in [0, 0.05) is 18.7 Å². The molecule has 1 N–H and O–H groups in total. The third-order valence-corrected chi connectivity index (χ3v) is 5.33. The van der Waals surface area contributed by atoms with Gasteiger partial charge in [0.1, 0.15) is 5.69 Å². The molecule has 4 aromatic rings. The smallest absolute Gasteiger partial charge is 0.295 e. The maximum atomic E-state index is 13.0. The van der Waals surface area contributed by atoms with Gasteiger partial charge in [-0.2, -0.15) is 0 Å². The van der Waals surface area contributed by atoms with Crippen molar-refractivity contribution >= 4 is 11.6 Å². The van der Waals surface area contributed by atoms with Crippen molar-refractivity contribution in [1.29, 1.82) is 0 Å². The summed E-state index contributed by atoms with van der Waals surface area (Å²) in [5.41, 5.74) is 4.49. The van der Waals surface area contributed by atoms with Gasteiger partial charge in [0.2, 0.25) is 0 Å². The number of carbonyl (C=O) groups excluding carboxylic acids is 1. The highest BCUT2D eigenvalue weighted by molar-refractivity contribution is 6.03. The summed E-state index contributed by atoms with van der Waals surface area (Å²) in [6.45, 7) is 5.82. The Bertz CT molecular complexity index is 1300. The summed E-state index contributed by atoms with van der Waals surface area (Å²) in [5.74, 6) is -0.00502. The molecule has 0 unspecified atom stereocenters. The average molecular weight is 402 g/mol. The highest BCUT2D eigenvalue weighted by atomic mass is 16.5. The zero-order valence-electron chi connectivity index (χ0n) is 17.3. The third kappa shape index (κ3) is 3.34. The summed E-state index contributed by atoms with van der Waals surface area (Å²) in [4.78, 5) is 25.7. The number of hydrogen-bond donors (Lipinski definition) is 1. The molecule has 0 saturated heterocycles. The highest BCUT2D eigenvalue weighted by Gasteiger charge is 2.21. The molecular weight excluding hydrogens is 380 g/mol. The van der Waals surface area contributed by atoms with Gasteiger partial charge in [-0.1, -0.05) is 35.5 Å². The molecule has 7 nitrogen and oxygen atoms in total. The van der Waals surface area contributed by atoms with Gasteiger partial charge >= 0.3 is 0 Å². The Morgan fingerprint density at radius 2 is 1.73 bits per heavy atom. The first-order valence-electron chi connectivity index (χ1n) is 9.56. The number of amides is 1. The molecule has 0 spiro atoms. The lowest BCUT2D eigenvalue weighted by molar-refractivity contribution is 0.101. The normalized spacial score (nSPS) is 10.9. The second-order valence-corrected chi connectivity index (χ2v) is 7.27. The summed E-state index contributed by atoms with van der Waals surface area (Å²) < 4.78 is 8.58. The van der Waals surface area contributed by atoms with Crippen LogP contribution in [-0.4, -0.2) is 20.4 Å². The first-order chi connectivity index (χ1) is 14.4. The number of nitrogens with one attached hydrogen (secondary N) is 1. The number of para-hydroxylation sites is 1. The lowest BCUT2D eigenvalue weighted by atomic mass is 10.0. The van der Waals surface area contributed by atoms with Crippen LogP contribution in [0, 0.1) is 20.8 Å². The maximum Gasteiger partial charge on any atom is 0.295 e. The zero-order chi connectivity index (χ0) is 21.4. The van der Waals surface area contributed by atoms with Gasteiger partial charge in [0.25, 0.3) is 11.5 Å². The highest BCUT2D eigenvalue weighted by Crippen LogP contribution is 2.23. The van der Waals surface area contributed by atoms with Gasteiger partial charge < -0.3 is 9.84 Å². The molecular formula is C23H22N4O3. The Morgan fingerprint density at radius 1 is 1.00 bits per heavy atom. The van der Waals surface area contributed by atoms with Crippen LogP contribution in [0.1, 0.15) is 27.3 Å². The average Bonchev–Trinajstić information content (AvgIpc) is 3.31. The van der Waals surface area contributed by atoms with Crippen LogP contribution in [0.5, 0.6) is 0 Å². The fraction of sp³-hybridized carbons (Fsp3) is 0.174. The number of hydrogen-bond acceptors (Lipinski definition) is 4. The van der Waals surface area contributed by atoms with E-state index in [0.717, 1.165) is 11.1 Å². The van der Waals surface area contributed by atoms with Crippen LogP contribution >= 0.6 is 0 Å². The minimum absolute atomic E-state index is 0.108. The standard InChI is InChI=1S/C23H22N4O3/c1-14-10-11-17(12-15(14)2)20-13-19(25-30-20)22(28)24-21-16(3)26(4)27(23(21)29)18-8-6-5-7-9-18/h5-13H,1-4H3,(H,24,28). The molecule has 2 aromatic heterocycles. The first kappa shape index (κ1) is 19.4. The number of benzene rings is 2. The lowest BCUT2D eigenvalue weighted by Crippen LogP contribution is -2.23. The first-order valence-corrected chi connectivity index (χ1v) is 9.56. The molecule has 0 aliphatic carbocycles. The van der Waals surface area contributed by atoms with E-state index in [4.69, 9.17) is 4.52 Å². The number of carbonyl (C=O) groups is 1. The number of anilines is 1. The quantitative estimate of drug-likeness (QED) is 0.559. The van der Waals surface area contributed by atoms with Gasteiger partial charge in [-0.25, -0.2) is 4.68 Å². The molecule has 152 valence electrons. The minimum Gasteiger partial charge on any atom is -0.355 e. The molecule has 0 fully saturated rings. The molecule has 0 radical (unpaired) electrons. The Morgan fingerprint density at radius 3 is 2.43 bits per heavy atom. The molecule has 2 aromatic carbocycles. The molecule has 0 atom stereocenters. The monoisotopic (exact) mass is 402 g/mol. The maximum absolute atomic E-state index is 13.0. The number of aryl methyl sites for hydroxylation is 2. The van der Waals surface area contributed by atoms with Crippen molar-refractivity contribution in [2.45, 2.75) is 20.8 Å². The summed E-state index contributed by atoms with van der Waals surface area (Å²) in [5, 5.41) is 6.58.